The zero-order chi connectivity index (χ0) is 20.4. The number of hydrogen-bond acceptors (Lipinski definition) is 4. The Labute approximate surface area is 193 Å². The Bertz CT molecular complexity index is 634. The van der Waals surface area contributed by atoms with Gasteiger partial charge in [0.15, 0.2) is 5.96 Å². The summed E-state index contributed by atoms with van der Waals surface area (Å²) in [5, 5.41) is 6.93. The van der Waals surface area contributed by atoms with Gasteiger partial charge in [-0.1, -0.05) is 18.5 Å². The van der Waals surface area contributed by atoms with Crippen molar-refractivity contribution in [3.05, 3.63) is 28.8 Å². The maximum atomic E-state index is 12.6. The molecule has 10 heteroatoms. The standard InChI is InChI=1S/C19H29ClF2N4O2.HI/c1-3-23-19(24-11-14(2)13-26-6-8-27-9-7-26)25-12-15-10-16(20)4-5-17(15)28-18(21)22;/h4-5,10,14,18H,3,6-9,11-13H2,1-2H3,(H2,23,24,25);1H. The summed E-state index contributed by atoms with van der Waals surface area (Å²) in [6, 6.07) is 4.54. The number of nitrogens with one attached hydrogen (secondary N) is 2. The van der Waals surface area contributed by atoms with Crippen molar-refractivity contribution in [1.29, 1.82) is 0 Å². The summed E-state index contributed by atoms with van der Waals surface area (Å²) < 4.78 is 35.1. The molecule has 1 unspecified atom stereocenters. The number of halogens is 4. The van der Waals surface area contributed by atoms with Crippen molar-refractivity contribution in [3.8, 4) is 5.75 Å². The Balaban J connectivity index is 0.00000420. The van der Waals surface area contributed by atoms with E-state index >= 15 is 0 Å². The first kappa shape index (κ1) is 26.1. The first-order valence-corrected chi connectivity index (χ1v) is 9.91. The summed E-state index contributed by atoms with van der Waals surface area (Å²) in [4.78, 5) is 6.88. The number of benzene rings is 1. The van der Waals surface area contributed by atoms with Crippen LogP contribution in [0.4, 0.5) is 8.78 Å². The molecule has 1 heterocycles. The van der Waals surface area contributed by atoms with Crippen LogP contribution in [-0.4, -0.2) is 63.4 Å². The van der Waals surface area contributed by atoms with E-state index in [0.717, 1.165) is 39.4 Å². The van der Waals surface area contributed by atoms with Crippen molar-refractivity contribution in [2.75, 3.05) is 45.9 Å². The highest BCUT2D eigenvalue weighted by Gasteiger charge is 2.14. The minimum Gasteiger partial charge on any atom is -0.434 e. The van der Waals surface area contributed by atoms with Gasteiger partial charge in [-0.05, 0) is 31.0 Å². The highest BCUT2D eigenvalue weighted by atomic mass is 127. The second kappa shape index (κ2) is 14.2. The molecule has 1 fully saturated rings. The Kier molecular flexibility index (Phi) is 12.8. The summed E-state index contributed by atoms with van der Waals surface area (Å²) >= 11 is 5.99. The van der Waals surface area contributed by atoms with Gasteiger partial charge in [0.25, 0.3) is 0 Å². The van der Waals surface area contributed by atoms with Gasteiger partial charge in [-0.15, -0.1) is 24.0 Å². The predicted molar refractivity (Wildman–Crippen MR) is 123 cm³/mol. The second-order valence-corrected chi connectivity index (χ2v) is 7.16. The molecule has 1 atom stereocenters. The van der Waals surface area contributed by atoms with Gasteiger partial charge in [-0.3, -0.25) is 4.90 Å². The minimum atomic E-state index is -2.89. The van der Waals surface area contributed by atoms with Crippen LogP contribution < -0.4 is 15.4 Å². The van der Waals surface area contributed by atoms with E-state index in [9.17, 15) is 8.78 Å². The van der Waals surface area contributed by atoms with Gasteiger partial charge in [0.1, 0.15) is 5.75 Å². The molecule has 6 nitrogen and oxygen atoms in total. The molecule has 0 radical (unpaired) electrons. The lowest BCUT2D eigenvalue weighted by Gasteiger charge is -2.29. The van der Waals surface area contributed by atoms with Gasteiger partial charge >= 0.3 is 6.61 Å². The molecule has 1 aliphatic rings. The molecule has 0 saturated carbocycles. The molecule has 1 aromatic rings. The van der Waals surface area contributed by atoms with Crippen molar-refractivity contribution in [1.82, 2.24) is 15.5 Å². The summed E-state index contributed by atoms with van der Waals surface area (Å²) in [7, 11) is 0. The highest BCUT2D eigenvalue weighted by Crippen LogP contribution is 2.25. The van der Waals surface area contributed by atoms with Gasteiger partial charge in [-0.2, -0.15) is 8.78 Å². The lowest BCUT2D eigenvalue weighted by molar-refractivity contribution is -0.0504. The molecule has 166 valence electrons. The number of ether oxygens (including phenoxy) is 2. The van der Waals surface area contributed by atoms with Crippen LogP contribution in [-0.2, 0) is 11.3 Å². The van der Waals surface area contributed by atoms with Crippen molar-refractivity contribution < 1.29 is 18.3 Å². The van der Waals surface area contributed by atoms with E-state index in [1.54, 1.807) is 6.07 Å². The summed E-state index contributed by atoms with van der Waals surface area (Å²) in [5.74, 6) is 1.13. The van der Waals surface area contributed by atoms with Crippen LogP contribution in [0.25, 0.3) is 0 Å². The number of rotatable bonds is 9. The van der Waals surface area contributed by atoms with Gasteiger partial charge in [0.2, 0.25) is 0 Å². The first-order chi connectivity index (χ1) is 13.5. The maximum absolute atomic E-state index is 12.6. The third kappa shape index (κ3) is 10.1. The SMILES string of the molecule is CCNC(=NCc1cc(Cl)ccc1OC(F)F)NCC(C)CN1CCOCC1.I. The van der Waals surface area contributed by atoms with Gasteiger partial charge < -0.3 is 20.1 Å². The zero-order valence-electron chi connectivity index (χ0n) is 16.8. The molecule has 0 aliphatic carbocycles. The van der Waals surface area contributed by atoms with Crippen molar-refractivity contribution in [2.45, 2.75) is 27.0 Å². The smallest absolute Gasteiger partial charge is 0.387 e. The van der Waals surface area contributed by atoms with Crippen molar-refractivity contribution in [3.63, 3.8) is 0 Å². The number of morpholine rings is 1. The topological polar surface area (TPSA) is 58.1 Å². The lowest BCUT2D eigenvalue weighted by Crippen LogP contribution is -2.44. The van der Waals surface area contributed by atoms with Crippen molar-refractivity contribution >= 4 is 41.5 Å². The first-order valence-electron chi connectivity index (χ1n) is 9.53. The number of nitrogens with zero attached hydrogens (tertiary/aromatic N) is 2. The van der Waals surface area contributed by atoms with Crippen LogP contribution in [0.5, 0.6) is 5.75 Å². The van der Waals surface area contributed by atoms with E-state index in [1.807, 2.05) is 6.92 Å². The molecule has 1 aliphatic heterocycles. The van der Waals surface area contributed by atoms with Gasteiger partial charge in [0.05, 0.1) is 19.8 Å². The normalized spacial score (nSPS) is 16.3. The molecule has 2 rings (SSSR count). The van der Waals surface area contributed by atoms with Crippen molar-refractivity contribution in [2.24, 2.45) is 10.9 Å². The molecule has 0 bridgehead atoms. The Morgan fingerprint density at radius 2 is 2.03 bits per heavy atom. The Hall–Kier alpha value is -0.910. The summed E-state index contributed by atoms with van der Waals surface area (Å²) in [5.41, 5.74) is 0.506. The predicted octanol–water partition coefficient (Wildman–Crippen LogP) is 3.58. The average Bonchev–Trinajstić information content (AvgIpc) is 2.66. The molecular formula is C19H30ClF2IN4O2. The Morgan fingerprint density at radius 1 is 1.31 bits per heavy atom. The highest BCUT2D eigenvalue weighted by molar-refractivity contribution is 14.0. The molecule has 1 aromatic carbocycles. The van der Waals surface area contributed by atoms with E-state index in [2.05, 4.69) is 32.2 Å². The van der Waals surface area contributed by atoms with Crippen LogP contribution in [0.1, 0.15) is 19.4 Å². The number of alkyl halides is 2. The second-order valence-electron chi connectivity index (χ2n) is 6.72. The molecule has 0 spiro atoms. The minimum absolute atomic E-state index is 0. The fourth-order valence-corrected chi connectivity index (χ4v) is 3.14. The molecule has 2 N–H and O–H groups in total. The van der Waals surface area contributed by atoms with E-state index in [4.69, 9.17) is 16.3 Å². The molecule has 29 heavy (non-hydrogen) atoms. The fourth-order valence-electron chi connectivity index (χ4n) is 2.95. The molecule has 0 aromatic heterocycles. The summed E-state index contributed by atoms with van der Waals surface area (Å²) in [6.45, 7) is 7.35. The fraction of sp³-hybridized carbons (Fsp3) is 0.632. The monoisotopic (exact) mass is 546 g/mol. The van der Waals surface area contributed by atoms with E-state index in [1.165, 1.54) is 12.1 Å². The van der Waals surface area contributed by atoms with Crippen LogP contribution in [0.15, 0.2) is 23.2 Å². The zero-order valence-corrected chi connectivity index (χ0v) is 19.9. The molecule has 1 saturated heterocycles. The van der Waals surface area contributed by atoms with E-state index in [0.29, 0.717) is 29.0 Å². The van der Waals surface area contributed by atoms with Gasteiger partial charge in [0, 0.05) is 43.3 Å². The largest absolute Gasteiger partial charge is 0.434 e. The number of hydrogen-bond donors (Lipinski definition) is 2. The molecule has 0 amide bonds. The van der Waals surface area contributed by atoms with Crippen LogP contribution in [0, 0.1) is 5.92 Å². The van der Waals surface area contributed by atoms with E-state index in [-0.39, 0.29) is 36.3 Å². The third-order valence-corrected chi connectivity index (χ3v) is 4.52. The van der Waals surface area contributed by atoms with Crippen LogP contribution >= 0.6 is 35.6 Å². The molecular weight excluding hydrogens is 517 g/mol. The lowest BCUT2D eigenvalue weighted by atomic mass is 10.1. The number of aliphatic imine (C=N–C) groups is 1. The van der Waals surface area contributed by atoms with E-state index < -0.39 is 6.61 Å². The van der Waals surface area contributed by atoms with Gasteiger partial charge in [-0.25, -0.2) is 4.99 Å². The Morgan fingerprint density at radius 3 is 2.69 bits per heavy atom. The summed E-state index contributed by atoms with van der Waals surface area (Å²) in [6.07, 6.45) is 0. The van der Waals surface area contributed by atoms with Crippen LogP contribution in [0.3, 0.4) is 0 Å². The average molecular weight is 547 g/mol. The van der Waals surface area contributed by atoms with Crippen LogP contribution in [0.2, 0.25) is 5.02 Å². The number of guanidine groups is 1. The maximum Gasteiger partial charge on any atom is 0.387 e. The quantitative estimate of drug-likeness (QED) is 0.282. The third-order valence-electron chi connectivity index (χ3n) is 4.28.